The first-order chi connectivity index (χ1) is 9.54. The van der Waals surface area contributed by atoms with Crippen LogP contribution in [-0.4, -0.2) is 0 Å². The third kappa shape index (κ3) is 3.13. The van der Waals surface area contributed by atoms with Crippen molar-refractivity contribution in [1.82, 2.24) is 0 Å². The average Bonchev–Trinajstić information content (AvgIpc) is 2.48. The molecule has 20 heavy (non-hydrogen) atoms. The number of hydrogen-bond donors (Lipinski definition) is 1. The van der Waals surface area contributed by atoms with E-state index in [1.54, 1.807) is 0 Å². The molecule has 106 valence electrons. The Bertz CT molecular complexity index is 574. The standard InChI is InChI=1S/C18H22BrN/c1-4-12(2)14-8-10-15(11-9-14)18(20)16-6-5-7-17(19)13(16)3/h5-12,18H,4,20H2,1-3H3. The van der Waals surface area contributed by atoms with E-state index < -0.39 is 0 Å². The van der Waals surface area contributed by atoms with Crippen LogP contribution in [0.2, 0.25) is 0 Å². The molecule has 0 bridgehead atoms. The van der Waals surface area contributed by atoms with Crippen LogP contribution in [0, 0.1) is 6.92 Å². The predicted molar refractivity (Wildman–Crippen MR) is 90.1 cm³/mol. The first-order valence-corrected chi connectivity index (χ1v) is 7.94. The lowest BCUT2D eigenvalue weighted by Crippen LogP contribution is -2.13. The third-order valence-electron chi connectivity index (χ3n) is 4.12. The van der Waals surface area contributed by atoms with Crippen molar-refractivity contribution in [2.24, 2.45) is 5.73 Å². The second-order valence-electron chi connectivity index (χ2n) is 5.41. The lowest BCUT2D eigenvalue weighted by atomic mass is 9.92. The van der Waals surface area contributed by atoms with Crippen molar-refractivity contribution in [1.29, 1.82) is 0 Å². The van der Waals surface area contributed by atoms with Gasteiger partial charge in [0, 0.05) is 4.47 Å². The number of nitrogens with two attached hydrogens (primary N) is 1. The molecule has 1 nitrogen and oxygen atoms in total. The Morgan fingerprint density at radius 2 is 1.65 bits per heavy atom. The highest BCUT2D eigenvalue weighted by molar-refractivity contribution is 9.10. The summed E-state index contributed by atoms with van der Waals surface area (Å²) in [5.41, 5.74) is 11.4. The minimum absolute atomic E-state index is 0.0708. The van der Waals surface area contributed by atoms with Gasteiger partial charge in [-0.1, -0.05) is 66.2 Å². The fourth-order valence-corrected chi connectivity index (χ4v) is 2.79. The number of halogens is 1. The van der Waals surface area contributed by atoms with Gasteiger partial charge in [-0.25, -0.2) is 0 Å². The highest BCUT2D eigenvalue weighted by atomic mass is 79.9. The van der Waals surface area contributed by atoms with E-state index in [1.807, 2.05) is 6.07 Å². The molecule has 2 heteroatoms. The zero-order valence-corrected chi connectivity index (χ0v) is 13.9. The van der Waals surface area contributed by atoms with Crippen LogP contribution in [0.15, 0.2) is 46.9 Å². The Labute approximate surface area is 130 Å². The molecule has 0 saturated carbocycles. The van der Waals surface area contributed by atoms with Crippen LogP contribution >= 0.6 is 15.9 Å². The minimum Gasteiger partial charge on any atom is -0.320 e. The Morgan fingerprint density at radius 1 is 1.05 bits per heavy atom. The SMILES string of the molecule is CCC(C)c1ccc(C(N)c2cccc(Br)c2C)cc1. The van der Waals surface area contributed by atoms with Gasteiger partial charge in [0.25, 0.3) is 0 Å². The van der Waals surface area contributed by atoms with E-state index >= 15 is 0 Å². The van der Waals surface area contributed by atoms with Crippen LogP contribution < -0.4 is 5.73 Å². The maximum Gasteiger partial charge on any atom is 0.0554 e. The smallest absolute Gasteiger partial charge is 0.0554 e. The van der Waals surface area contributed by atoms with Gasteiger partial charge in [-0.05, 0) is 47.6 Å². The van der Waals surface area contributed by atoms with Crippen molar-refractivity contribution in [2.45, 2.75) is 39.2 Å². The molecule has 0 aliphatic heterocycles. The van der Waals surface area contributed by atoms with E-state index in [-0.39, 0.29) is 6.04 Å². The molecule has 0 aromatic heterocycles. The molecular weight excluding hydrogens is 310 g/mol. The molecule has 2 atom stereocenters. The zero-order valence-electron chi connectivity index (χ0n) is 12.4. The van der Waals surface area contributed by atoms with Gasteiger partial charge in [-0.15, -0.1) is 0 Å². The van der Waals surface area contributed by atoms with Crippen molar-refractivity contribution in [3.05, 3.63) is 69.2 Å². The van der Waals surface area contributed by atoms with Crippen LogP contribution in [0.3, 0.4) is 0 Å². The topological polar surface area (TPSA) is 26.0 Å². The van der Waals surface area contributed by atoms with Crippen LogP contribution in [0.25, 0.3) is 0 Å². The van der Waals surface area contributed by atoms with E-state index in [9.17, 15) is 0 Å². The molecule has 2 rings (SSSR count). The highest BCUT2D eigenvalue weighted by Gasteiger charge is 2.13. The van der Waals surface area contributed by atoms with Gasteiger partial charge in [0.05, 0.1) is 6.04 Å². The average molecular weight is 332 g/mol. The Balaban J connectivity index is 2.29. The fourth-order valence-electron chi connectivity index (χ4n) is 2.41. The lowest BCUT2D eigenvalue weighted by molar-refractivity contribution is 0.732. The van der Waals surface area contributed by atoms with E-state index in [1.165, 1.54) is 22.3 Å². The normalized spacial score (nSPS) is 14.1. The largest absolute Gasteiger partial charge is 0.320 e. The first kappa shape index (κ1) is 15.3. The van der Waals surface area contributed by atoms with Crippen LogP contribution in [-0.2, 0) is 0 Å². The maximum atomic E-state index is 6.42. The van der Waals surface area contributed by atoms with Crippen molar-refractivity contribution >= 4 is 15.9 Å². The monoisotopic (exact) mass is 331 g/mol. The fraction of sp³-hybridized carbons (Fsp3) is 0.333. The van der Waals surface area contributed by atoms with E-state index in [0.717, 1.165) is 10.9 Å². The summed E-state index contributed by atoms with van der Waals surface area (Å²) >= 11 is 3.57. The summed E-state index contributed by atoms with van der Waals surface area (Å²) in [6.07, 6.45) is 1.16. The van der Waals surface area contributed by atoms with Gasteiger partial charge in [0.2, 0.25) is 0 Å². The molecular formula is C18H22BrN. The van der Waals surface area contributed by atoms with Crippen LogP contribution in [0.1, 0.15) is 54.5 Å². The molecule has 2 aromatic rings. The first-order valence-electron chi connectivity index (χ1n) is 7.15. The molecule has 0 radical (unpaired) electrons. The summed E-state index contributed by atoms with van der Waals surface area (Å²) in [5, 5.41) is 0. The molecule has 0 spiro atoms. The van der Waals surface area contributed by atoms with Gasteiger partial charge in [-0.2, -0.15) is 0 Å². The molecule has 0 heterocycles. The molecule has 0 aliphatic rings. The number of rotatable bonds is 4. The Morgan fingerprint density at radius 3 is 2.25 bits per heavy atom. The zero-order chi connectivity index (χ0) is 14.7. The molecule has 0 aliphatic carbocycles. The van der Waals surface area contributed by atoms with Crippen molar-refractivity contribution in [3.8, 4) is 0 Å². The summed E-state index contributed by atoms with van der Waals surface area (Å²) in [5.74, 6) is 0.605. The molecule has 0 amide bonds. The number of hydrogen-bond acceptors (Lipinski definition) is 1. The minimum atomic E-state index is -0.0708. The van der Waals surface area contributed by atoms with Crippen LogP contribution in [0.5, 0.6) is 0 Å². The van der Waals surface area contributed by atoms with E-state index in [4.69, 9.17) is 5.73 Å². The second kappa shape index (κ2) is 6.55. The summed E-state index contributed by atoms with van der Waals surface area (Å²) < 4.78 is 1.11. The third-order valence-corrected chi connectivity index (χ3v) is 4.98. The van der Waals surface area contributed by atoms with E-state index in [2.05, 4.69) is 73.1 Å². The Kier molecular flexibility index (Phi) is 5.00. The summed E-state index contributed by atoms with van der Waals surface area (Å²) in [6, 6.07) is 14.9. The Hall–Kier alpha value is -1.12. The van der Waals surface area contributed by atoms with Crippen molar-refractivity contribution in [3.63, 3.8) is 0 Å². The van der Waals surface area contributed by atoms with E-state index in [0.29, 0.717) is 5.92 Å². The lowest BCUT2D eigenvalue weighted by Gasteiger charge is -2.17. The molecule has 2 N–H and O–H groups in total. The van der Waals surface area contributed by atoms with Gasteiger partial charge in [0.1, 0.15) is 0 Å². The predicted octanol–water partition coefficient (Wildman–Crippen LogP) is 5.32. The molecule has 2 unspecified atom stereocenters. The van der Waals surface area contributed by atoms with Crippen LogP contribution in [0.4, 0.5) is 0 Å². The molecule has 0 saturated heterocycles. The van der Waals surface area contributed by atoms with Gasteiger partial charge >= 0.3 is 0 Å². The summed E-state index contributed by atoms with van der Waals surface area (Å²) in [7, 11) is 0. The van der Waals surface area contributed by atoms with Gasteiger partial charge < -0.3 is 5.73 Å². The molecule has 0 fully saturated rings. The second-order valence-corrected chi connectivity index (χ2v) is 6.26. The summed E-state index contributed by atoms with van der Waals surface area (Å²) in [4.78, 5) is 0. The van der Waals surface area contributed by atoms with Crippen molar-refractivity contribution in [2.75, 3.05) is 0 Å². The van der Waals surface area contributed by atoms with Gasteiger partial charge in [0.15, 0.2) is 0 Å². The highest BCUT2D eigenvalue weighted by Crippen LogP contribution is 2.28. The van der Waals surface area contributed by atoms with Gasteiger partial charge in [-0.3, -0.25) is 0 Å². The summed E-state index contributed by atoms with van der Waals surface area (Å²) in [6.45, 7) is 6.58. The van der Waals surface area contributed by atoms with Crippen molar-refractivity contribution < 1.29 is 0 Å². The number of benzene rings is 2. The maximum absolute atomic E-state index is 6.42. The molecule has 2 aromatic carbocycles. The quantitative estimate of drug-likeness (QED) is 0.806.